The first-order valence-corrected chi connectivity index (χ1v) is 6.84. The van der Waals surface area contributed by atoms with E-state index in [1.165, 1.54) is 11.6 Å². The number of rotatable bonds is 6. The van der Waals surface area contributed by atoms with Crippen molar-refractivity contribution in [3.63, 3.8) is 0 Å². The minimum absolute atomic E-state index is 0.0806. The summed E-state index contributed by atoms with van der Waals surface area (Å²) in [5, 5.41) is 3.05. The lowest BCUT2D eigenvalue weighted by Crippen LogP contribution is -2.16. The Kier molecular flexibility index (Phi) is 5.13. The summed E-state index contributed by atoms with van der Waals surface area (Å²) in [6.07, 6.45) is 0.810. The maximum atomic E-state index is 13.9. The maximum absolute atomic E-state index is 13.9. The summed E-state index contributed by atoms with van der Waals surface area (Å²) in [5.74, 6) is 0.381. The second-order valence-electron chi connectivity index (χ2n) is 4.75. The molecule has 0 saturated heterocycles. The smallest absolute Gasteiger partial charge is 0.131 e. The van der Waals surface area contributed by atoms with E-state index in [9.17, 15) is 4.39 Å². The van der Waals surface area contributed by atoms with Gasteiger partial charge >= 0.3 is 0 Å². The van der Waals surface area contributed by atoms with Crippen LogP contribution in [0.25, 0.3) is 0 Å². The van der Waals surface area contributed by atoms with E-state index < -0.39 is 0 Å². The van der Waals surface area contributed by atoms with Crippen LogP contribution >= 0.6 is 0 Å². The number of hydrogen-bond acceptors (Lipinski definition) is 2. The lowest BCUT2D eigenvalue weighted by Gasteiger charge is -2.17. The highest BCUT2D eigenvalue weighted by Gasteiger charge is 2.15. The fraction of sp³-hybridized carbons (Fsp3) is 0.294. The third-order valence-corrected chi connectivity index (χ3v) is 3.37. The summed E-state index contributed by atoms with van der Waals surface area (Å²) in [5.41, 5.74) is 1.80. The first kappa shape index (κ1) is 14.5. The standard InChI is InChI=1S/C17H20FNO/c1-13(19-2)17-15(18)9-6-10-16(17)20-12-11-14-7-4-3-5-8-14/h3-10,13,19H,11-12H2,1-2H3. The Morgan fingerprint density at radius 3 is 2.55 bits per heavy atom. The molecule has 0 bridgehead atoms. The molecular weight excluding hydrogens is 253 g/mol. The zero-order valence-electron chi connectivity index (χ0n) is 11.9. The van der Waals surface area contributed by atoms with Gasteiger partial charge in [-0.25, -0.2) is 4.39 Å². The van der Waals surface area contributed by atoms with Crippen LogP contribution in [0.15, 0.2) is 48.5 Å². The van der Waals surface area contributed by atoms with Crippen LogP contribution in [0, 0.1) is 5.82 Å². The van der Waals surface area contributed by atoms with E-state index in [1.54, 1.807) is 6.07 Å². The Hall–Kier alpha value is -1.87. The molecule has 0 aromatic heterocycles. The van der Waals surface area contributed by atoms with Crippen molar-refractivity contribution in [2.75, 3.05) is 13.7 Å². The molecule has 0 amide bonds. The van der Waals surface area contributed by atoms with Gasteiger partial charge in [0.05, 0.1) is 6.61 Å². The first-order valence-electron chi connectivity index (χ1n) is 6.84. The van der Waals surface area contributed by atoms with Crippen LogP contribution in [0.5, 0.6) is 5.75 Å². The van der Waals surface area contributed by atoms with Gasteiger partial charge in [0, 0.05) is 18.0 Å². The Labute approximate surface area is 119 Å². The molecule has 1 N–H and O–H groups in total. The molecule has 0 saturated carbocycles. The highest BCUT2D eigenvalue weighted by atomic mass is 19.1. The summed E-state index contributed by atoms with van der Waals surface area (Å²) in [6, 6.07) is 15.0. The Morgan fingerprint density at radius 2 is 1.85 bits per heavy atom. The van der Waals surface area contributed by atoms with E-state index in [4.69, 9.17) is 4.74 Å². The van der Waals surface area contributed by atoms with E-state index >= 15 is 0 Å². The van der Waals surface area contributed by atoms with Crippen molar-refractivity contribution in [3.05, 3.63) is 65.5 Å². The van der Waals surface area contributed by atoms with Crippen molar-refractivity contribution in [3.8, 4) is 5.75 Å². The van der Waals surface area contributed by atoms with Gasteiger partial charge in [0.1, 0.15) is 11.6 Å². The van der Waals surface area contributed by atoms with Gasteiger partial charge in [-0.2, -0.15) is 0 Å². The number of halogens is 1. The average molecular weight is 273 g/mol. The van der Waals surface area contributed by atoms with Crippen LogP contribution in [-0.2, 0) is 6.42 Å². The second kappa shape index (κ2) is 7.06. The van der Waals surface area contributed by atoms with Gasteiger partial charge in [0.15, 0.2) is 0 Å². The predicted molar refractivity (Wildman–Crippen MR) is 79.5 cm³/mol. The fourth-order valence-electron chi connectivity index (χ4n) is 2.13. The summed E-state index contributed by atoms with van der Waals surface area (Å²) in [6.45, 7) is 2.46. The molecule has 3 heteroatoms. The van der Waals surface area contributed by atoms with Crippen molar-refractivity contribution in [2.45, 2.75) is 19.4 Å². The molecule has 0 spiro atoms. The third-order valence-electron chi connectivity index (χ3n) is 3.37. The molecule has 0 aliphatic heterocycles. The van der Waals surface area contributed by atoms with Crippen LogP contribution in [0.4, 0.5) is 4.39 Å². The lowest BCUT2D eigenvalue weighted by molar-refractivity contribution is 0.312. The third kappa shape index (κ3) is 3.58. The first-order chi connectivity index (χ1) is 9.72. The second-order valence-corrected chi connectivity index (χ2v) is 4.75. The molecule has 0 aliphatic rings. The molecule has 0 heterocycles. The zero-order valence-corrected chi connectivity index (χ0v) is 11.9. The molecule has 1 unspecified atom stereocenters. The molecule has 2 nitrogen and oxygen atoms in total. The van der Waals surface area contributed by atoms with Gasteiger partial charge in [-0.15, -0.1) is 0 Å². The van der Waals surface area contributed by atoms with Gasteiger partial charge in [-0.05, 0) is 31.7 Å². The number of ether oxygens (including phenoxy) is 1. The van der Waals surface area contributed by atoms with Crippen molar-refractivity contribution in [1.82, 2.24) is 5.32 Å². The summed E-state index contributed by atoms with van der Waals surface area (Å²) >= 11 is 0. The quantitative estimate of drug-likeness (QED) is 0.866. The highest BCUT2D eigenvalue weighted by molar-refractivity contribution is 5.37. The summed E-state index contributed by atoms with van der Waals surface area (Å²) in [7, 11) is 1.81. The van der Waals surface area contributed by atoms with Crippen molar-refractivity contribution < 1.29 is 9.13 Å². The number of nitrogens with one attached hydrogen (secondary N) is 1. The van der Waals surface area contributed by atoms with E-state index in [-0.39, 0.29) is 11.9 Å². The van der Waals surface area contributed by atoms with E-state index in [1.807, 2.05) is 38.2 Å². The molecule has 0 aliphatic carbocycles. The Morgan fingerprint density at radius 1 is 1.10 bits per heavy atom. The molecule has 0 radical (unpaired) electrons. The monoisotopic (exact) mass is 273 g/mol. The van der Waals surface area contributed by atoms with Crippen molar-refractivity contribution >= 4 is 0 Å². The van der Waals surface area contributed by atoms with Gasteiger partial charge in [0.2, 0.25) is 0 Å². The summed E-state index contributed by atoms with van der Waals surface area (Å²) < 4.78 is 19.7. The Balaban J connectivity index is 2.04. The van der Waals surface area contributed by atoms with Crippen LogP contribution in [0.1, 0.15) is 24.1 Å². The molecule has 2 aromatic rings. The van der Waals surface area contributed by atoms with Gasteiger partial charge < -0.3 is 10.1 Å². The predicted octanol–water partition coefficient (Wildman–Crippen LogP) is 3.73. The molecule has 20 heavy (non-hydrogen) atoms. The van der Waals surface area contributed by atoms with Gasteiger partial charge in [-0.1, -0.05) is 36.4 Å². The lowest BCUT2D eigenvalue weighted by atomic mass is 10.1. The molecule has 2 aromatic carbocycles. The zero-order chi connectivity index (χ0) is 14.4. The maximum Gasteiger partial charge on any atom is 0.131 e. The highest BCUT2D eigenvalue weighted by Crippen LogP contribution is 2.27. The Bertz CT molecular complexity index is 542. The van der Waals surface area contributed by atoms with Gasteiger partial charge in [-0.3, -0.25) is 0 Å². The summed E-state index contributed by atoms with van der Waals surface area (Å²) in [4.78, 5) is 0. The van der Waals surface area contributed by atoms with E-state index in [2.05, 4.69) is 17.4 Å². The van der Waals surface area contributed by atoms with E-state index in [0.717, 1.165) is 6.42 Å². The minimum Gasteiger partial charge on any atom is -0.493 e. The minimum atomic E-state index is -0.232. The average Bonchev–Trinajstić information content (AvgIpc) is 2.48. The normalized spacial score (nSPS) is 12.2. The van der Waals surface area contributed by atoms with Crippen LogP contribution in [0.3, 0.4) is 0 Å². The van der Waals surface area contributed by atoms with Crippen molar-refractivity contribution in [2.24, 2.45) is 0 Å². The van der Waals surface area contributed by atoms with Crippen molar-refractivity contribution in [1.29, 1.82) is 0 Å². The molecule has 106 valence electrons. The largest absolute Gasteiger partial charge is 0.493 e. The topological polar surface area (TPSA) is 21.3 Å². The molecule has 1 atom stereocenters. The van der Waals surface area contributed by atoms with E-state index in [0.29, 0.717) is 17.9 Å². The molecule has 2 rings (SSSR count). The van der Waals surface area contributed by atoms with Crippen LogP contribution in [-0.4, -0.2) is 13.7 Å². The number of hydrogen-bond donors (Lipinski definition) is 1. The molecule has 0 fully saturated rings. The SMILES string of the molecule is CNC(C)c1c(F)cccc1OCCc1ccccc1. The van der Waals surface area contributed by atoms with Gasteiger partial charge in [0.25, 0.3) is 0 Å². The fourth-order valence-corrected chi connectivity index (χ4v) is 2.13. The van der Waals surface area contributed by atoms with Crippen LogP contribution < -0.4 is 10.1 Å². The number of benzene rings is 2. The van der Waals surface area contributed by atoms with Crippen LogP contribution in [0.2, 0.25) is 0 Å². The molecular formula is C17H20FNO.